The van der Waals surface area contributed by atoms with Gasteiger partial charge in [0.25, 0.3) is 5.91 Å². The average Bonchev–Trinajstić information content (AvgIpc) is 2.65. The van der Waals surface area contributed by atoms with Crippen LogP contribution in [0.5, 0.6) is 11.5 Å². The fourth-order valence-corrected chi connectivity index (χ4v) is 2.57. The van der Waals surface area contributed by atoms with Gasteiger partial charge in [0.1, 0.15) is 17.3 Å². The number of nitrogens with one attached hydrogen (secondary N) is 1. The second kappa shape index (κ2) is 7.84. The summed E-state index contributed by atoms with van der Waals surface area (Å²) in [5, 5.41) is 12.8. The topological polar surface area (TPSA) is 126 Å². The van der Waals surface area contributed by atoms with Crippen LogP contribution in [-0.4, -0.2) is 50.1 Å². The van der Waals surface area contributed by atoms with Crippen molar-refractivity contribution in [3.05, 3.63) is 48.3 Å². The van der Waals surface area contributed by atoms with Gasteiger partial charge < -0.3 is 15.2 Å². The third kappa shape index (κ3) is 4.66. The number of carbonyl (C=O) groups is 2. The largest absolute Gasteiger partial charge is 0.454 e. The molecule has 1 aromatic heterocycles. The molecule has 3 rings (SSSR count). The maximum absolute atomic E-state index is 13.0. The van der Waals surface area contributed by atoms with E-state index < -0.39 is 23.4 Å². The van der Waals surface area contributed by atoms with Crippen molar-refractivity contribution in [1.29, 1.82) is 0 Å². The molecule has 2 aromatic rings. The molecule has 1 aliphatic rings. The molecule has 9 nitrogen and oxygen atoms in total. The summed E-state index contributed by atoms with van der Waals surface area (Å²) < 4.78 is 18.5. The smallest absolute Gasteiger partial charge is 0.282 e. The van der Waals surface area contributed by atoms with E-state index in [9.17, 15) is 19.1 Å². The Labute approximate surface area is 165 Å². The minimum Gasteiger partial charge on any atom is -0.454 e. The standard InChI is InChI=1S/C19H18FN5O4/c1-10(26)25-19(2,3)18-23-14(15(27)17(28)24-18)16-21-8-13(9-22-16)29-12-6-4-11(20)5-7-12/h4-9,15,27H,1-3H3,(H,25,26). The fourth-order valence-electron chi connectivity index (χ4n) is 2.57. The third-order valence-electron chi connectivity index (χ3n) is 3.89. The van der Waals surface area contributed by atoms with Crippen LogP contribution in [0, 0.1) is 5.82 Å². The Hall–Kier alpha value is -3.53. The number of ether oxygens (including phenoxy) is 1. The highest BCUT2D eigenvalue weighted by molar-refractivity contribution is 6.24. The van der Waals surface area contributed by atoms with Gasteiger partial charge in [0, 0.05) is 6.92 Å². The molecular weight excluding hydrogens is 381 g/mol. The van der Waals surface area contributed by atoms with Crippen LogP contribution >= 0.6 is 0 Å². The molecule has 0 radical (unpaired) electrons. The zero-order valence-corrected chi connectivity index (χ0v) is 15.9. The molecule has 2 N–H and O–H groups in total. The molecule has 0 aliphatic carbocycles. The van der Waals surface area contributed by atoms with Gasteiger partial charge in [-0.3, -0.25) is 9.59 Å². The van der Waals surface area contributed by atoms with E-state index in [-0.39, 0.29) is 29.0 Å². The maximum atomic E-state index is 13.0. The number of amidine groups is 1. The number of aromatic nitrogens is 2. The lowest BCUT2D eigenvalue weighted by atomic mass is 10.0. The number of amides is 2. The highest BCUT2D eigenvalue weighted by Crippen LogP contribution is 2.21. The van der Waals surface area contributed by atoms with E-state index in [1.165, 1.54) is 43.6 Å². The van der Waals surface area contributed by atoms with Crippen molar-refractivity contribution in [3.63, 3.8) is 0 Å². The van der Waals surface area contributed by atoms with Crippen molar-refractivity contribution in [3.8, 4) is 11.5 Å². The monoisotopic (exact) mass is 399 g/mol. The minimum atomic E-state index is -1.63. The molecule has 1 unspecified atom stereocenters. The summed E-state index contributed by atoms with van der Waals surface area (Å²) in [6, 6.07) is 5.40. The number of rotatable bonds is 5. The van der Waals surface area contributed by atoms with Crippen LogP contribution in [0.1, 0.15) is 26.6 Å². The summed E-state index contributed by atoms with van der Waals surface area (Å²) >= 11 is 0. The number of nitrogens with zero attached hydrogens (tertiary/aromatic N) is 4. The van der Waals surface area contributed by atoms with Crippen molar-refractivity contribution in [2.45, 2.75) is 32.4 Å². The van der Waals surface area contributed by atoms with Crippen LogP contribution in [0.4, 0.5) is 4.39 Å². The lowest BCUT2D eigenvalue weighted by Crippen LogP contribution is -2.51. The average molecular weight is 399 g/mol. The number of aliphatic hydroxyl groups excluding tert-OH is 1. The van der Waals surface area contributed by atoms with Gasteiger partial charge in [-0.2, -0.15) is 4.99 Å². The second-order valence-corrected chi connectivity index (χ2v) is 6.78. The van der Waals surface area contributed by atoms with E-state index in [2.05, 4.69) is 25.3 Å². The quantitative estimate of drug-likeness (QED) is 0.783. The van der Waals surface area contributed by atoms with Gasteiger partial charge in [0.2, 0.25) is 5.91 Å². The highest BCUT2D eigenvalue weighted by Gasteiger charge is 2.35. The molecule has 2 amide bonds. The second-order valence-electron chi connectivity index (χ2n) is 6.78. The number of aliphatic imine (C=N–C) groups is 2. The van der Waals surface area contributed by atoms with Crippen LogP contribution in [0.25, 0.3) is 0 Å². The number of carbonyl (C=O) groups excluding carboxylic acids is 2. The first-order chi connectivity index (χ1) is 13.7. The first-order valence-corrected chi connectivity index (χ1v) is 8.60. The maximum Gasteiger partial charge on any atom is 0.282 e. The van der Waals surface area contributed by atoms with Gasteiger partial charge in [-0.15, -0.1) is 0 Å². The van der Waals surface area contributed by atoms with Gasteiger partial charge >= 0.3 is 0 Å². The summed E-state index contributed by atoms with van der Waals surface area (Å²) in [6.07, 6.45) is 1.03. The van der Waals surface area contributed by atoms with E-state index in [1.54, 1.807) is 13.8 Å². The van der Waals surface area contributed by atoms with E-state index >= 15 is 0 Å². The van der Waals surface area contributed by atoms with Crippen molar-refractivity contribution < 1.29 is 23.8 Å². The Bertz CT molecular complexity index is 1000. The van der Waals surface area contributed by atoms with Gasteiger partial charge in [0.15, 0.2) is 23.5 Å². The van der Waals surface area contributed by atoms with E-state index in [0.29, 0.717) is 5.75 Å². The normalized spacial score (nSPS) is 16.7. The van der Waals surface area contributed by atoms with Crippen molar-refractivity contribution in [2.24, 2.45) is 9.98 Å². The molecule has 10 heteroatoms. The summed E-state index contributed by atoms with van der Waals surface area (Å²) in [7, 11) is 0. The number of hydrogen-bond donors (Lipinski definition) is 2. The summed E-state index contributed by atoms with van der Waals surface area (Å²) in [6.45, 7) is 4.58. The van der Waals surface area contributed by atoms with Crippen LogP contribution in [-0.2, 0) is 9.59 Å². The fraction of sp³-hybridized carbons (Fsp3) is 0.263. The molecule has 1 atom stereocenters. The summed E-state index contributed by atoms with van der Waals surface area (Å²) in [5.74, 6) is -0.871. The molecule has 0 saturated carbocycles. The van der Waals surface area contributed by atoms with Gasteiger partial charge in [0.05, 0.1) is 17.9 Å². The van der Waals surface area contributed by atoms with Crippen LogP contribution in [0.2, 0.25) is 0 Å². The van der Waals surface area contributed by atoms with E-state index in [1.807, 2.05) is 0 Å². The lowest BCUT2D eigenvalue weighted by molar-refractivity contribution is -0.123. The van der Waals surface area contributed by atoms with Gasteiger partial charge in [-0.1, -0.05) is 0 Å². The predicted octanol–water partition coefficient (Wildman–Crippen LogP) is 1.41. The Kier molecular flexibility index (Phi) is 5.46. The Morgan fingerprint density at radius 3 is 2.34 bits per heavy atom. The van der Waals surface area contributed by atoms with Gasteiger partial charge in [-0.05, 0) is 38.1 Å². The number of hydrogen-bond acceptors (Lipinski definition) is 7. The molecule has 0 saturated heterocycles. The third-order valence-corrected chi connectivity index (χ3v) is 3.89. The van der Waals surface area contributed by atoms with Crippen molar-refractivity contribution in [2.75, 3.05) is 0 Å². The van der Waals surface area contributed by atoms with Crippen molar-refractivity contribution in [1.82, 2.24) is 15.3 Å². The Balaban J connectivity index is 1.86. The predicted molar refractivity (Wildman–Crippen MR) is 101 cm³/mol. The van der Waals surface area contributed by atoms with Gasteiger partial charge in [-0.25, -0.2) is 19.4 Å². The molecule has 150 valence electrons. The Morgan fingerprint density at radius 2 is 1.76 bits per heavy atom. The molecule has 1 aliphatic heterocycles. The molecule has 0 fully saturated rings. The van der Waals surface area contributed by atoms with Crippen LogP contribution < -0.4 is 10.1 Å². The summed E-state index contributed by atoms with van der Waals surface area (Å²) in [5.41, 5.74) is -1.13. The van der Waals surface area contributed by atoms with Crippen LogP contribution in [0.15, 0.2) is 46.6 Å². The Morgan fingerprint density at radius 1 is 1.14 bits per heavy atom. The first-order valence-electron chi connectivity index (χ1n) is 8.60. The molecule has 0 bridgehead atoms. The number of benzene rings is 1. The SMILES string of the molecule is CC(=O)NC(C)(C)C1=NC(=O)C(O)C(c2ncc(Oc3ccc(F)cc3)cn2)=N1. The number of halogens is 1. The molecular formula is C19H18FN5O4. The van der Waals surface area contributed by atoms with E-state index in [4.69, 9.17) is 4.74 Å². The summed E-state index contributed by atoms with van der Waals surface area (Å²) in [4.78, 5) is 39.6. The lowest BCUT2D eigenvalue weighted by Gasteiger charge is -2.27. The molecule has 2 heterocycles. The van der Waals surface area contributed by atoms with Crippen LogP contribution in [0.3, 0.4) is 0 Å². The highest BCUT2D eigenvalue weighted by atomic mass is 19.1. The molecule has 1 aromatic carbocycles. The molecule has 29 heavy (non-hydrogen) atoms. The first kappa shape index (κ1) is 20.2. The minimum absolute atomic E-state index is 0.00308. The molecule has 0 spiro atoms. The van der Waals surface area contributed by atoms with Crippen molar-refractivity contribution >= 4 is 23.4 Å². The number of aliphatic hydroxyl groups is 1. The zero-order valence-electron chi connectivity index (χ0n) is 15.9. The zero-order chi connectivity index (χ0) is 21.2. The van der Waals surface area contributed by atoms with E-state index in [0.717, 1.165) is 0 Å².